The Balaban J connectivity index is 1.25. The Kier molecular flexibility index (Phi) is 5.77. The molecule has 39 heavy (non-hydrogen) atoms. The van der Waals surface area contributed by atoms with Crippen LogP contribution in [0.5, 0.6) is 0 Å². The third kappa shape index (κ3) is 4.07. The summed E-state index contributed by atoms with van der Waals surface area (Å²) < 4.78 is 28.2. The molecule has 3 N–H and O–H groups in total. The summed E-state index contributed by atoms with van der Waals surface area (Å²) in [6.45, 7) is 6.69. The fraction of sp³-hybridized carbons (Fsp3) is 0.367. The van der Waals surface area contributed by atoms with E-state index in [0.29, 0.717) is 31.5 Å². The second-order valence-corrected chi connectivity index (χ2v) is 11.6. The summed E-state index contributed by atoms with van der Waals surface area (Å²) in [6.07, 6.45) is 10.7. The van der Waals surface area contributed by atoms with Crippen LogP contribution >= 0.6 is 0 Å². The Morgan fingerprint density at radius 2 is 1.85 bits per heavy atom. The number of benzene rings is 1. The molecule has 0 radical (unpaired) electrons. The maximum absolute atomic E-state index is 14.1. The molecule has 2 aromatic rings. The number of carbonyl (C=O) groups is 2. The topological polar surface area (TPSA) is 86.4 Å². The molecule has 1 aromatic heterocycles. The van der Waals surface area contributed by atoms with Crippen LogP contribution in [0.2, 0.25) is 0 Å². The number of pyridine rings is 1. The number of aromatic nitrogens is 1. The Labute approximate surface area is 226 Å². The molecule has 4 heterocycles. The summed E-state index contributed by atoms with van der Waals surface area (Å²) in [5.74, 6) is -0.737. The van der Waals surface area contributed by atoms with Crippen molar-refractivity contribution in [2.75, 3.05) is 19.6 Å². The molecule has 1 spiro atoms. The number of nitrogens with zero attached hydrogens (tertiary/aromatic N) is 2. The minimum absolute atomic E-state index is 0.00505. The van der Waals surface area contributed by atoms with E-state index in [1.165, 1.54) is 12.1 Å². The van der Waals surface area contributed by atoms with Crippen LogP contribution < -0.4 is 16.0 Å². The number of carbonyl (C=O) groups excluding carboxylic acids is 2. The fourth-order valence-electron chi connectivity index (χ4n) is 6.19. The van der Waals surface area contributed by atoms with Crippen LogP contribution in [0, 0.1) is 17.0 Å². The van der Waals surface area contributed by atoms with Gasteiger partial charge in [-0.25, -0.2) is 8.78 Å². The second-order valence-electron chi connectivity index (χ2n) is 11.6. The Morgan fingerprint density at radius 1 is 1.08 bits per heavy atom. The lowest BCUT2D eigenvalue weighted by Crippen LogP contribution is -2.68. The summed E-state index contributed by atoms with van der Waals surface area (Å²) in [5, 5.41) is 9.47. The third-order valence-corrected chi connectivity index (χ3v) is 8.51. The lowest BCUT2D eigenvalue weighted by Gasteiger charge is -2.50. The molecule has 1 aromatic carbocycles. The highest BCUT2D eigenvalue weighted by Crippen LogP contribution is 2.47. The standard InChI is InChI=1S/C30H31F2N5O2/c1-28(2)27(39)37(29(3,17-35-28)20-11-21(31)13-22(32)12-20)9-5-6-18-10-19-14-30(15-24(19)34-16-18)23-7-4-8-33-25(23)36-26(30)38/h4-7,10-13,16,33,35H,8-9,14-15,17H2,1-3H3,(H,36,38)/b6-5+/t29-,30-/m0/s1. The molecule has 202 valence electrons. The molecule has 2 amide bonds. The van der Waals surface area contributed by atoms with Gasteiger partial charge in [0.05, 0.1) is 16.5 Å². The number of nitrogens with one attached hydrogen (secondary N) is 3. The molecule has 1 fully saturated rings. The van der Waals surface area contributed by atoms with Crippen molar-refractivity contribution in [3.63, 3.8) is 0 Å². The predicted octanol–water partition coefficient (Wildman–Crippen LogP) is 3.08. The summed E-state index contributed by atoms with van der Waals surface area (Å²) >= 11 is 0. The zero-order valence-corrected chi connectivity index (χ0v) is 22.2. The van der Waals surface area contributed by atoms with E-state index in [9.17, 15) is 18.4 Å². The molecule has 6 rings (SSSR count). The number of piperazine rings is 1. The summed E-state index contributed by atoms with van der Waals surface area (Å²) in [6, 6.07) is 5.44. The SMILES string of the molecule is CC1(C)NC[C@@](C)(c2cc(F)cc(F)c2)N(C/C=C/c2cnc3c(c2)C[C@@]2(C3)C(=O)NC3=C2C=CCN3)C1=O. The monoisotopic (exact) mass is 531 g/mol. The molecular weight excluding hydrogens is 500 g/mol. The smallest absolute Gasteiger partial charge is 0.243 e. The number of hydrogen-bond acceptors (Lipinski definition) is 5. The third-order valence-electron chi connectivity index (χ3n) is 8.51. The van der Waals surface area contributed by atoms with Gasteiger partial charge in [0.15, 0.2) is 0 Å². The first kappa shape index (κ1) is 25.4. The van der Waals surface area contributed by atoms with Gasteiger partial charge in [-0.1, -0.05) is 24.3 Å². The molecule has 3 aliphatic heterocycles. The zero-order chi connectivity index (χ0) is 27.6. The van der Waals surface area contributed by atoms with E-state index in [1.54, 1.807) is 24.9 Å². The molecule has 9 heteroatoms. The Bertz CT molecular complexity index is 1480. The summed E-state index contributed by atoms with van der Waals surface area (Å²) in [4.78, 5) is 32.8. The quantitative estimate of drug-likeness (QED) is 0.565. The fourth-order valence-corrected chi connectivity index (χ4v) is 6.19. The minimum atomic E-state index is -0.953. The Morgan fingerprint density at radius 3 is 2.62 bits per heavy atom. The normalized spacial score (nSPS) is 27.3. The number of rotatable bonds is 4. The van der Waals surface area contributed by atoms with Gasteiger partial charge in [-0.15, -0.1) is 0 Å². The second kappa shape index (κ2) is 8.84. The molecule has 7 nitrogen and oxygen atoms in total. The van der Waals surface area contributed by atoms with E-state index >= 15 is 0 Å². The molecule has 4 aliphatic rings. The first-order valence-electron chi connectivity index (χ1n) is 13.2. The molecule has 0 unspecified atom stereocenters. The van der Waals surface area contributed by atoms with Gasteiger partial charge in [-0.2, -0.15) is 0 Å². The van der Waals surface area contributed by atoms with Crippen molar-refractivity contribution in [3.05, 3.63) is 94.1 Å². The highest BCUT2D eigenvalue weighted by Gasteiger charge is 2.52. The van der Waals surface area contributed by atoms with Gasteiger partial charge in [-0.05, 0) is 62.1 Å². The molecular formula is C30H31F2N5O2. The average molecular weight is 532 g/mol. The van der Waals surface area contributed by atoms with Gasteiger partial charge in [0.1, 0.15) is 17.5 Å². The van der Waals surface area contributed by atoms with E-state index in [4.69, 9.17) is 0 Å². The van der Waals surface area contributed by atoms with Crippen molar-refractivity contribution in [2.45, 2.75) is 44.7 Å². The van der Waals surface area contributed by atoms with Gasteiger partial charge in [0.25, 0.3) is 0 Å². The molecule has 0 saturated carbocycles. The van der Waals surface area contributed by atoms with Crippen molar-refractivity contribution in [2.24, 2.45) is 5.41 Å². The molecule has 0 bridgehead atoms. The van der Waals surface area contributed by atoms with Crippen LogP contribution in [0.4, 0.5) is 8.78 Å². The maximum atomic E-state index is 14.1. The summed E-state index contributed by atoms with van der Waals surface area (Å²) in [5.41, 5.74) is 1.76. The number of hydrogen-bond donors (Lipinski definition) is 3. The first-order chi connectivity index (χ1) is 18.5. The number of fused-ring (bicyclic) bond motifs is 2. The van der Waals surface area contributed by atoms with E-state index in [-0.39, 0.29) is 18.4 Å². The maximum Gasteiger partial charge on any atom is 0.243 e. The average Bonchev–Trinajstić information content (AvgIpc) is 3.40. The Hall–Kier alpha value is -3.85. The van der Waals surface area contributed by atoms with Crippen molar-refractivity contribution >= 4 is 17.9 Å². The number of amides is 2. The number of halogens is 2. The van der Waals surface area contributed by atoms with Crippen LogP contribution in [0.25, 0.3) is 6.08 Å². The highest BCUT2D eigenvalue weighted by molar-refractivity contribution is 5.93. The molecule has 2 atom stereocenters. The van der Waals surface area contributed by atoms with Crippen LogP contribution in [-0.2, 0) is 28.0 Å². The van der Waals surface area contributed by atoms with E-state index in [2.05, 4.69) is 20.9 Å². The number of dihydropyridines is 1. The van der Waals surface area contributed by atoms with Crippen molar-refractivity contribution < 1.29 is 18.4 Å². The van der Waals surface area contributed by atoms with Crippen molar-refractivity contribution in [3.8, 4) is 0 Å². The van der Waals surface area contributed by atoms with Gasteiger partial charge in [-0.3, -0.25) is 14.6 Å². The van der Waals surface area contributed by atoms with Crippen LogP contribution in [0.1, 0.15) is 43.2 Å². The van der Waals surface area contributed by atoms with Gasteiger partial charge >= 0.3 is 0 Å². The van der Waals surface area contributed by atoms with Crippen LogP contribution in [0.15, 0.2) is 60.1 Å². The van der Waals surface area contributed by atoms with E-state index < -0.39 is 28.1 Å². The van der Waals surface area contributed by atoms with Gasteiger partial charge in [0.2, 0.25) is 11.8 Å². The predicted molar refractivity (Wildman–Crippen MR) is 143 cm³/mol. The van der Waals surface area contributed by atoms with Crippen LogP contribution in [0.3, 0.4) is 0 Å². The lowest BCUT2D eigenvalue weighted by molar-refractivity contribution is -0.148. The highest BCUT2D eigenvalue weighted by atomic mass is 19.1. The molecule has 1 saturated heterocycles. The van der Waals surface area contributed by atoms with E-state index in [0.717, 1.165) is 34.3 Å². The van der Waals surface area contributed by atoms with E-state index in [1.807, 2.05) is 37.3 Å². The zero-order valence-electron chi connectivity index (χ0n) is 22.2. The number of allylic oxidation sites excluding steroid dienone is 1. The van der Waals surface area contributed by atoms with Crippen LogP contribution in [-0.4, -0.2) is 46.9 Å². The first-order valence-corrected chi connectivity index (χ1v) is 13.2. The van der Waals surface area contributed by atoms with Gasteiger partial charge < -0.3 is 20.9 Å². The summed E-state index contributed by atoms with van der Waals surface area (Å²) in [7, 11) is 0. The minimum Gasteiger partial charge on any atom is -0.368 e. The van der Waals surface area contributed by atoms with Crippen molar-refractivity contribution in [1.82, 2.24) is 25.8 Å². The lowest BCUT2D eigenvalue weighted by atomic mass is 9.78. The molecule has 1 aliphatic carbocycles. The van der Waals surface area contributed by atoms with Crippen molar-refractivity contribution in [1.29, 1.82) is 0 Å². The largest absolute Gasteiger partial charge is 0.368 e. The van der Waals surface area contributed by atoms with Gasteiger partial charge in [0, 0.05) is 49.6 Å².